The van der Waals surface area contributed by atoms with Gasteiger partial charge in [0.25, 0.3) is 0 Å². The smallest absolute Gasteiger partial charge is 0.239 e. The lowest BCUT2D eigenvalue weighted by Crippen LogP contribution is -2.46. The molecule has 1 rings (SSSR count). The van der Waals surface area contributed by atoms with E-state index in [2.05, 4.69) is 19.2 Å². The molecule has 1 amide bonds. The van der Waals surface area contributed by atoms with E-state index in [0.717, 1.165) is 12.8 Å². The van der Waals surface area contributed by atoms with Crippen LogP contribution in [0.1, 0.15) is 33.1 Å². The number of nitrogens with one attached hydrogen (secondary N) is 1. The number of hydrogen-bond acceptors (Lipinski definition) is 3. The van der Waals surface area contributed by atoms with Crippen molar-refractivity contribution in [2.24, 2.45) is 0 Å². The van der Waals surface area contributed by atoms with Crippen molar-refractivity contribution in [2.45, 2.75) is 51.3 Å². The molecule has 1 aliphatic rings. The molecule has 0 aromatic carbocycles. The first-order valence-corrected chi connectivity index (χ1v) is 5.78. The lowest BCUT2D eigenvalue weighted by Gasteiger charge is -2.28. The summed E-state index contributed by atoms with van der Waals surface area (Å²) < 4.78 is 0. The standard InChI is InChI=1S/C11H22N2O2/c1-4-8(5-2)13(3)11(15)10-6-9(14)7-12-10/h8-10,12,14H,4-7H2,1-3H3. The van der Waals surface area contributed by atoms with E-state index in [1.807, 2.05) is 11.9 Å². The first-order valence-electron chi connectivity index (χ1n) is 5.78. The van der Waals surface area contributed by atoms with Gasteiger partial charge in [-0.3, -0.25) is 4.79 Å². The molecule has 0 aliphatic carbocycles. The minimum atomic E-state index is -0.367. The molecule has 4 nitrogen and oxygen atoms in total. The van der Waals surface area contributed by atoms with Gasteiger partial charge >= 0.3 is 0 Å². The number of nitrogens with zero attached hydrogens (tertiary/aromatic N) is 1. The third-order valence-electron chi connectivity index (χ3n) is 3.24. The lowest BCUT2D eigenvalue weighted by molar-refractivity contribution is -0.134. The van der Waals surface area contributed by atoms with E-state index in [0.29, 0.717) is 19.0 Å². The second-order valence-electron chi connectivity index (χ2n) is 4.27. The molecule has 88 valence electrons. The Morgan fingerprint density at radius 2 is 2.13 bits per heavy atom. The van der Waals surface area contributed by atoms with Crippen LogP contribution in [0, 0.1) is 0 Å². The summed E-state index contributed by atoms with van der Waals surface area (Å²) in [4.78, 5) is 13.8. The highest BCUT2D eigenvalue weighted by Gasteiger charge is 2.31. The topological polar surface area (TPSA) is 52.6 Å². The Hall–Kier alpha value is -0.610. The van der Waals surface area contributed by atoms with Crippen LogP contribution in [0.15, 0.2) is 0 Å². The molecule has 1 heterocycles. The molecule has 1 fully saturated rings. The molecular weight excluding hydrogens is 192 g/mol. The number of aliphatic hydroxyl groups is 1. The molecule has 1 aliphatic heterocycles. The van der Waals surface area contributed by atoms with Crippen LogP contribution in [-0.2, 0) is 4.79 Å². The minimum Gasteiger partial charge on any atom is -0.392 e. The number of amides is 1. The highest BCUT2D eigenvalue weighted by Crippen LogP contribution is 2.13. The van der Waals surface area contributed by atoms with Gasteiger partial charge in [0.1, 0.15) is 0 Å². The summed E-state index contributed by atoms with van der Waals surface area (Å²) in [5.74, 6) is 0.111. The Labute approximate surface area is 91.6 Å². The van der Waals surface area contributed by atoms with Crippen LogP contribution in [0.5, 0.6) is 0 Å². The molecule has 0 radical (unpaired) electrons. The molecule has 2 N–H and O–H groups in total. The maximum absolute atomic E-state index is 12.0. The quantitative estimate of drug-likeness (QED) is 0.710. The number of β-amino-alcohol motifs (C(OH)–C–C–N with tert-alkyl or cyclic N) is 1. The molecule has 4 heteroatoms. The fraction of sp³-hybridized carbons (Fsp3) is 0.909. The molecule has 2 atom stereocenters. The average molecular weight is 214 g/mol. The zero-order valence-electron chi connectivity index (χ0n) is 9.86. The molecule has 15 heavy (non-hydrogen) atoms. The summed E-state index contributed by atoms with van der Waals surface area (Å²) >= 11 is 0. The van der Waals surface area contributed by atoms with E-state index < -0.39 is 0 Å². The molecule has 0 aromatic heterocycles. The third kappa shape index (κ3) is 2.92. The minimum absolute atomic E-state index is 0.111. The second-order valence-corrected chi connectivity index (χ2v) is 4.27. The normalized spacial score (nSPS) is 25.9. The maximum atomic E-state index is 12.0. The zero-order chi connectivity index (χ0) is 11.4. The number of likely N-dealkylation sites (N-methyl/N-ethyl adjacent to an activating group) is 1. The van der Waals surface area contributed by atoms with Crippen LogP contribution < -0.4 is 5.32 Å². The van der Waals surface area contributed by atoms with Gasteiger partial charge in [-0.1, -0.05) is 13.8 Å². The predicted octanol–water partition coefficient (Wildman–Crippen LogP) is 0.356. The van der Waals surface area contributed by atoms with Crippen LogP contribution >= 0.6 is 0 Å². The molecule has 0 bridgehead atoms. The van der Waals surface area contributed by atoms with Gasteiger partial charge in [-0.05, 0) is 19.3 Å². The van der Waals surface area contributed by atoms with Crippen molar-refractivity contribution in [2.75, 3.05) is 13.6 Å². The van der Waals surface area contributed by atoms with E-state index in [-0.39, 0.29) is 18.1 Å². The van der Waals surface area contributed by atoms with Gasteiger partial charge in [-0.25, -0.2) is 0 Å². The largest absolute Gasteiger partial charge is 0.392 e. The summed E-state index contributed by atoms with van der Waals surface area (Å²) in [7, 11) is 1.85. The summed E-state index contributed by atoms with van der Waals surface area (Å²) in [5.41, 5.74) is 0. The molecule has 2 unspecified atom stereocenters. The van der Waals surface area contributed by atoms with E-state index in [1.54, 1.807) is 0 Å². The molecule has 1 saturated heterocycles. The van der Waals surface area contributed by atoms with Crippen molar-refractivity contribution < 1.29 is 9.90 Å². The molecule has 0 spiro atoms. The average Bonchev–Trinajstić information content (AvgIpc) is 2.65. The predicted molar refractivity (Wildman–Crippen MR) is 59.6 cm³/mol. The SMILES string of the molecule is CCC(CC)N(C)C(=O)C1CC(O)CN1. The van der Waals surface area contributed by atoms with Crippen LogP contribution in [0.25, 0.3) is 0 Å². The van der Waals surface area contributed by atoms with Crippen LogP contribution in [0.2, 0.25) is 0 Å². The van der Waals surface area contributed by atoms with Gasteiger partial charge in [-0.2, -0.15) is 0 Å². The Balaban J connectivity index is 2.52. The van der Waals surface area contributed by atoms with Crippen LogP contribution in [-0.4, -0.2) is 47.7 Å². The highest BCUT2D eigenvalue weighted by atomic mass is 16.3. The van der Waals surface area contributed by atoms with Crippen molar-refractivity contribution in [3.63, 3.8) is 0 Å². The van der Waals surface area contributed by atoms with Crippen molar-refractivity contribution in [3.8, 4) is 0 Å². The lowest BCUT2D eigenvalue weighted by atomic mass is 10.1. The van der Waals surface area contributed by atoms with Crippen molar-refractivity contribution >= 4 is 5.91 Å². The van der Waals surface area contributed by atoms with Gasteiger partial charge in [-0.15, -0.1) is 0 Å². The summed E-state index contributed by atoms with van der Waals surface area (Å²) in [6.45, 7) is 4.72. The van der Waals surface area contributed by atoms with E-state index in [1.165, 1.54) is 0 Å². The van der Waals surface area contributed by atoms with E-state index in [9.17, 15) is 9.90 Å². The van der Waals surface area contributed by atoms with Gasteiger partial charge in [0.2, 0.25) is 5.91 Å². The van der Waals surface area contributed by atoms with Crippen LogP contribution in [0.3, 0.4) is 0 Å². The zero-order valence-corrected chi connectivity index (χ0v) is 9.86. The van der Waals surface area contributed by atoms with Gasteiger partial charge < -0.3 is 15.3 Å². The Bertz CT molecular complexity index is 217. The third-order valence-corrected chi connectivity index (χ3v) is 3.24. The number of carbonyl (C=O) groups excluding carboxylic acids is 1. The van der Waals surface area contributed by atoms with Crippen molar-refractivity contribution in [3.05, 3.63) is 0 Å². The Kier molecular flexibility index (Phi) is 4.54. The monoisotopic (exact) mass is 214 g/mol. The first-order chi connectivity index (χ1) is 7.10. The van der Waals surface area contributed by atoms with Crippen LogP contribution in [0.4, 0.5) is 0 Å². The first kappa shape index (κ1) is 12.5. The summed E-state index contributed by atoms with van der Waals surface area (Å²) in [6.07, 6.45) is 2.14. The number of carbonyl (C=O) groups is 1. The molecule has 0 aromatic rings. The number of rotatable bonds is 4. The van der Waals surface area contributed by atoms with Gasteiger partial charge in [0.15, 0.2) is 0 Å². The second kappa shape index (κ2) is 5.47. The highest BCUT2D eigenvalue weighted by molar-refractivity contribution is 5.82. The van der Waals surface area contributed by atoms with Gasteiger partial charge in [0, 0.05) is 19.6 Å². The van der Waals surface area contributed by atoms with Gasteiger partial charge in [0.05, 0.1) is 12.1 Å². The summed E-state index contributed by atoms with van der Waals surface area (Å²) in [5, 5.41) is 12.4. The van der Waals surface area contributed by atoms with E-state index in [4.69, 9.17) is 0 Å². The number of hydrogen-bond donors (Lipinski definition) is 2. The Morgan fingerprint density at radius 1 is 1.53 bits per heavy atom. The fourth-order valence-corrected chi connectivity index (χ4v) is 2.17. The Morgan fingerprint density at radius 3 is 2.53 bits per heavy atom. The van der Waals surface area contributed by atoms with Crippen molar-refractivity contribution in [1.82, 2.24) is 10.2 Å². The van der Waals surface area contributed by atoms with Crippen molar-refractivity contribution in [1.29, 1.82) is 0 Å². The molecule has 0 saturated carbocycles. The summed E-state index contributed by atoms with van der Waals surface area (Å²) in [6, 6.07) is 0.127. The van der Waals surface area contributed by atoms with E-state index >= 15 is 0 Å². The maximum Gasteiger partial charge on any atom is 0.239 e. The number of aliphatic hydroxyl groups excluding tert-OH is 1. The fourth-order valence-electron chi connectivity index (χ4n) is 2.17. The molecular formula is C11H22N2O2.